The van der Waals surface area contributed by atoms with Gasteiger partial charge in [-0.05, 0) is 33.2 Å². The van der Waals surface area contributed by atoms with Crippen LogP contribution in [0.15, 0.2) is 24.3 Å². The molecular formula is C12H18ClNO2. The molecule has 1 rings (SSSR count). The maximum atomic E-state index is 9.35. The molecule has 0 spiro atoms. The van der Waals surface area contributed by atoms with Gasteiger partial charge in [0.05, 0.1) is 17.2 Å². The zero-order chi connectivity index (χ0) is 12.2. The van der Waals surface area contributed by atoms with Crippen LogP contribution in [0.3, 0.4) is 0 Å². The number of nitrogens with zero attached hydrogens (tertiary/aromatic N) is 1. The molecule has 1 atom stereocenters. The summed E-state index contributed by atoms with van der Waals surface area (Å²) >= 11 is 5.97. The van der Waals surface area contributed by atoms with E-state index in [0.29, 0.717) is 17.4 Å². The Kier molecular flexibility index (Phi) is 4.59. The summed E-state index contributed by atoms with van der Waals surface area (Å²) in [6.07, 6.45) is 0. The van der Waals surface area contributed by atoms with Crippen LogP contribution >= 0.6 is 11.6 Å². The van der Waals surface area contributed by atoms with Gasteiger partial charge in [0.2, 0.25) is 0 Å². The molecule has 1 N–H and O–H groups in total. The molecule has 3 nitrogen and oxygen atoms in total. The Morgan fingerprint density at radius 1 is 1.38 bits per heavy atom. The monoisotopic (exact) mass is 243 g/mol. The van der Waals surface area contributed by atoms with Crippen molar-refractivity contribution in [1.82, 2.24) is 4.90 Å². The number of benzene rings is 1. The van der Waals surface area contributed by atoms with Gasteiger partial charge in [-0.15, -0.1) is 0 Å². The first kappa shape index (κ1) is 13.3. The van der Waals surface area contributed by atoms with Gasteiger partial charge in [-0.2, -0.15) is 0 Å². The van der Waals surface area contributed by atoms with Crippen LogP contribution in [0.5, 0.6) is 5.75 Å². The van der Waals surface area contributed by atoms with Gasteiger partial charge < -0.3 is 9.84 Å². The lowest BCUT2D eigenvalue weighted by atomic mass is 10.0. The van der Waals surface area contributed by atoms with E-state index in [2.05, 4.69) is 0 Å². The molecular weight excluding hydrogens is 226 g/mol. The summed E-state index contributed by atoms with van der Waals surface area (Å²) in [4.78, 5) is 1.93. The molecule has 0 aliphatic heterocycles. The van der Waals surface area contributed by atoms with E-state index in [4.69, 9.17) is 16.3 Å². The standard InChI is InChI=1S/C12H18ClNO2/c1-12(8-15,14(2)3)9-16-11-7-5-4-6-10(11)13/h4-7,15H,8-9H2,1-3H3. The van der Waals surface area contributed by atoms with Crippen LogP contribution in [-0.2, 0) is 0 Å². The zero-order valence-corrected chi connectivity index (χ0v) is 10.7. The Morgan fingerprint density at radius 2 is 2.00 bits per heavy atom. The lowest BCUT2D eigenvalue weighted by molar-refractivity contribution is 0.0399. The van der Waals surface area contributed by atoms with E-state index >= 15 is 0 Å². The van der Waals surface area contributed by atoms with E-state index in [-0.39, 0.29) is 6.61 Å². The molecule has 0 radical (unpaired) electrons. The molecule has 1 aromatic rings. The van der Waals surface area contributed by atoms with Crippen LogP contribution in [0.25, 0.3) is 0 Å². The van der Waals surface area contributed by atoms with Crippen molar-refractivity contribution in [2.75, 3.05) is 27.3 Å². The Balaban J connectivity index is 2.67. The van der Waals surface area contributed by atoms with Gasteiger partial charge in [0.15, 0.2) is 0 Å². The normalized spacial score (nSPS) is 14.9. The Morgan fingerprint density at radius 3 is 2.50 bits per heavy atom. The number of aliphatic hydroxyl groups is 1. The Hall–Kier alpha value is -0.770. The third-order valence-electron chi connectivity index (χ3n) is 2.80. The Bertz CT molecular complexity index is 344. The van der Waals surface area contributed by atoms with E-state index in [1.165, 1.54) is 0 Å². The van der Waals surface area contributed by atoms with Gasteiger partial charge in [-0.25, -0.2) is 0 Å². The van der Waals surface area contributed by atoms with Crippen molar-refractivity contribution in [2.45, 2.75) is 12.5 Å². The predicted molar refractivity (Wildman–Crippen MR) is 66.1 cm³/mol. The highest BCUT2D eigenvalue weighted by Crippen LogP contribution is 2.24. The highest BCUT2D eigenvalue weighted by Gasteiger charge is 2.27. The smallest absolute Gasteiger partial charge is 0.137 e. The van der Waals surface area contributed by atoms with E-state index in [0.717, 1.165) is 0 Å². The van der Waals surface area contributed by atoms with Gasteiger partial charge in [0.1, 0.15) is 12.4 Å². The van der Waals surface area contributed by atoms with E-state index in [9.17, 15) is 5.11 Å². The number of aliphatic hydroxyl groups excluding tert-OH is 1. The van der Waals surface area contributed by atoms with Gasteiger partial charge in [-0.1, -0.05) is 23.7 Å². The topological polar surface area (TPSA) is 32.7 Å². The molecule has 0 fully saturated rings. The average Bonchev–Trinajstić information content (AvgIpc) is 2.27. The quantitative estimate of drug-likeness (QED) is 0.859. The fourth-order valence-corrected chi connectivity index (χ4v) is 1.30. The molecule has 0 saturated carbocycles. The van der Waals surface area contributed by atoms with Crippen LogP contribution in [0, 0.1) is 0 Å². The molecule has 0 amide bonds. The largest absolute Gasteiger partial charge is 0.490 e. The summed E-state index contributed by atoms with van der Waals surface area (Å²) in [6.45, 7) is 2.36. The number of ether oxygens (including phenoxy) is 1. The minimum atomic E-state index is -0.404. The highest BCUT2D eigenvalue weighted by atomic mass is 35.5. The first-order valence-corrected chi connectivity index (χ1v) is 5.53. The number of hydrogen-bond donors (Lipinski definition) is 1. The number of likely N-dealkylation sites (N-methyl/N-ethyl adjacent to an activating group) is 1. The van der Waals surface area contributed by atoms with Gasteiger partial charge in [-0.3, -0.25) is 4.90 Å². The van der Waals surface area contributed by atoms with Crippen molar-refractivity contribution in [3.63, 3.8) is 0 Å². The van der Waals surface area contributed by atoms with Crippen LogP contribution in [-0.4, -0.2) is 42.9 Å². The van der Waals surface area contributed by atoms with Crippen molar-refractivity contribution < 1.29 is 9.84 Å². The minimum Gasteiger partial charge on any atom is -0.490 e. The maximum absolute atomic E-state index is 9.35. The molecule has 0 saturated heterocycles. The summed E-state index contributed by atoms with van der Waals surface area (Å²) in [5.74, 6) is 0.644. The third-order valence-corrected chi connectivity index (χ3v) is 3.11. The molecule has 4 heteroatoms. The number of hydrogen-bond acceptors (Lipinski definition) is 3. The lowest BCUT2D eigenvalue weighted by Gasteiger charge is -2.34. The van der Waals surface area contributed by atoms with Crippen LogP contribution in [0.1, 0.15) is 6.92 Å². The molecule has 0 bridgehead atoms. The van der Waals surface area contributed by atoms with Crippen molar-refractivity contribution >= 4 is 11.6 Å². The van der Waals surface area contributed by atoms with E-state index < -0.39 is 5.54 Å². The number of para-hydroxylation sites is 1. The minimum absolute atomic E-state index is 0.0322. The SMILES string of the molecule is CN(C)C(C)(CO)COc1ccccc1Cl. The fraction of sp³-hybridized carbons (Fsp3) is 0.500. The van der Waals surface area contributed by atoms with Gasteiger partial charge in [0, 0.05) is 0 Å². The summed E-state index contributed by atoms with van der Waals surface area (Å²) in [5.41, 5.74) is -0.404. The molecule has 0 aromatic heterocycles. The van der Waals surface area contributed by atoms with Crippen molar-refractivity contribution in [1.29, 1.82) is 0 Å². The molecule has 0 heterocycles. The van der Waals surface area contributed by atoms with Crippen molar-refractivity contribution in [3.8, 4) is 5.75 Å². The van der Waals surface area contributed by atoms with E-state index in [1.807, 2.05) is 44.1 Å². The first-order chi connectivity index (χ1) is 7.49. The average molecular weight is 244 g/mol. The maximum Gasteiger partial charge on any atom is 0.137 e. The van der Waals surface area contributed by atoms with Crippen molar-refractivity contribution in [3.05, 3.63) is 29.3 Å². The molecule has 0 aliphatic carbocycles. The second-order valence-corrected chi connectivity index (χ2v) is 4.68. The lowest BCUT2D eigenvalue weighted by Crippen LogP contribution is -2.49. The summed E-state index contributed by atoms with van der Waals surface area (Å²) in [6, 6.07) is 7.32. The van der Waals surface area contributed by atoms with Crippen LogP contribution in [0.4, 0.5) is 0 Å². The van der Waals surface area contributed by atoms with Crippen molar-refractivity contribution in [2.24, 2.45) is 0 Å². The zero-order valence-electron chi connectivity index (χ0n) is 9.90. The second-order valence-electron chi connectivity index (χ2n) is 4.27. The highest BCUT2D eigenvalue weighted by molar-refractivity contribution is 6.32. The summed E-state index contributed by atoms with van der Waals surface area (Å²) in [5, 5.41) is 9.93. The van der Waals surface area contributed by atoms with Crippen LogP contribution < -0.4 is 4.74 Å². The first-order valence-electron chi connectivity index (χ1n) is 5.15. The molecule has 1 unspecified atom stereocenters. The fourth-order valence-electron chi connectivity index (χ4n) is 1.11. The van der Waals surface area contributed by atoms with Crippen LogP contribution in [0.2, 0.25) is 5.02 Å². The predicted octanol–water partition coefficient (Wildman–Crippen LogP) is 2.03. The molecule has 1 aromatic carbocycles. The molecule has 16 heavy (non-hydrogen) atoms. The third kappa shape index (κ3) is 3.11. The van der Waals surface area contributed by atoms with Gasteiger partial charge >= 0.3 is 0 Å². The van der Waals surface area contributed by atoms with Gasteiger partial charge in [0.25, 0.3) is 0 Å². The number of halogens is 1. The summed E-state index contributed by atoms with van der Waals surface area (Å²) in [7, 11) is 3.82. The second kappa shape index (κ2) is 5.53. The molecule has 90 valence electrons. The molecule has 0 aliphatic rings. The summed E-state index contributed by atoms with van der Waals surface area (Å²) < 4.78 is 5.62. The Labute approximate surface area is 102 Å². The van der Waals surface area contributed by atoms with E-state index in [1.54, 1.807) is 6.07 Å². The number of rotatable bonds is 5.